The van der Waals surface area contributed by atoms with Gasteiger partial charge in [0.15, 0.2) is 0 Å². The van der Waals surface area contributed by atoms with E-state index in [0.29, 0.717) is 70.3 Å². The van der Waals surface area contributed by atoms with Crippen LogP contribution in [0, 0.1) is 5.41 Å². The van der Waals surface area contributed by atoms with Gasteiger partial charge in [-0.2, -0.15) is 0 Å². The Labute approximate surface area is 412 Å². The first-order chi connectivity index (χ1) is 34.2. The van der Waals surface area contributed by atoms with Crippen molar-refractivity contribution in [2.75, 3.05) is 66.4 Å². The Morgan fingerprint density at radius 3 is 2.34 bits per heavy atom. The summed E-state index contributed by atoms with van der Waals surface area (Å²) in [6, 6.07) is 14.8. The highest BCUT2D eigenvalue weighted by atomic mass is 16.5. The van der Waals surface area contributed by atoms with Gasteiger partial charge in [0.1, 0.15) is 29.1 Å². The lowest BCUT2D eigenvalue weighted by atomic mass is 9.90. The number of aliphatic hydroxyl groups is 1. The Hall–Kier alpha value is -7.18. The molecule has 368 valence electrons. The lowest BCUT2D eigenvalue weighted by molar-refractivity contribution is -0.136. The van der Waals surface area contributed by atoms with Crippen molar-refractivity contribution in [3.63, 3.8) is 0 Å². The number of amides is 5. The van der Waals surface area contributed by atoms with Crippen LogP contribution in [0.1, 0.15) is 108 Å². The van der Waals surface area contributed by atoms with Crippen LogP contribution in [0.25, 0.3) is 11.1 Å². The van der Waals surface area contributed by atoms with Crippen LogP contribution in [0.15, 0.2) is 67.1 Å². The van der Waals surface area contributed by atoms with Crippen LogP contribution in [-0.2, 0) is 29.0 Å². The SMILES string of the molecule is COc1ncc(-c2ccnc(N3CCn4c(cc5c4CC(C)(C)C5)C3=O)c2C(C)O)cc1Nc1ccc(N2CCN(C3CCN(c4ccc5c(c4)C(=O)N([C@H]4CCC(=O)NC4=O)C5=O)CC3)C[C@@H]2C)cn1. The zero-order chi connectivity index (χ0) is 49.5. The summed E-state index contributed by atoms with van der Waals surface area (Å²) in [5.41, 5.74) is 8.40. The number of pyridine rings is 3. The molecule has 9 heterocycles. The first kappa shape index (κ1) is 46.2. The molecule has 3 atom stereocenters. The van der Waals surface area contributed by atoms with Crippen molar-refractivity contribution in [3.05, 3.63) is 101 Å². The molecular formula is C53H59N11O7. The minimum atomic E-state index is -0.988. The van der Waals surface area contributed by atoms with Gasteiger partial charge in [0.05, 0.1) is 36.2 Å². The minimum absolute atomic E-state index is 0.0821. The predicted molar refractivity (Wildman–Crippen MR) is 266 cm³/mol. The van der Waals surface area contributed by atoms with Crippen molar-refractivity contribution < 1.29 is 33.8 Å². The number of imide groups is 2. The number of methoxy groups -OCH3 is 1. The van der Waals surface area contributed by atoms with E-state index in [4.69, 9.17) is 9.72 Å². The molecule has 0 saturated carbocycles. The molecule has 6 aliphatic rings. The summed E-state index contributed by atoms with van der Waals surface area (Å²) in [4.78, 5) is 89.2. The fraction of sp³-hybridized carbons (Fsp3) is 0.434. The number of nitrogens with zero attached hydrogens (tertiary/aromatic N) is 9. The molecule has 5 aromatic rings. The minimum Gasteiger partial charge on any atom is -0.480 e. The van der Waals surface area contributed by atoms with E-state index in [1.54, 1.807) is 43.5 Å². The smallest absolute Gasteiger partial charge is 0.276 e. The number of hydrogen-bond acceptors (Lipinski definition) is 14. The van der Waals surface area contributed by atoms with E-state index >= 15 is 0 Å². The van der Waals surface area contributed by atoms with Gasteiger partial charge in [-0.25, -0.2) is 15.0 Å². The van der Waals surface area contributed by atoms with Gasteiger partial charge in [0.25, 0.3) is 17.7 Å². The van der Waals surface area contributed by atoms with Gasteiger partial charge < -0.3 is 29.5 Å². The molecule has 18 nitrogen and oxygen atoms in total. The van der Waals surface area contributed by atoms with Crippen LogP contribution in [0.4, 0.5) is 28.7 Å². The Morgan fingerprint density at radius 2 is 1.61 bits per heavy atom. The molecule has 1 unspecified atom stereocenters. The Morgan fingerprint density at radius 1 is 0.817 bits per heavy atom. The summed E-state index contributed by atoms with van der Waals surface area (Å²) in [6.07, 6.45) is 8.34. The lowest BCUT2D eigenvalue weighted by Gasteiger charge is -2.46. The molecule has 0 spiro atoms. The number of carbonyl (C=O) groups is 5. The lowest BCUT2D eigenvalue weighted by Crippen LogP contribution is -2.57. The highest BCUT2D eigenvalue weighted by molar-refractivity contribution is 6.23. The summed E-state index contributed by atoms with van der Waals surface area (Å²) in [6.45, 7) is 13.8. The number of ether oxygens (including phenoxy) is 1. The number of fused-ring (bicyclic) bond motifs is 4. The quantitative estimate of drug-likeness (QED) is 0.148. The number of carbonyl (C=O) groups excluding carboxylic acids is 5. The maximum atomic E-state index is 14.1. The van der Waals surface area contributed by atoms with Crippen LogP contribution in [0.5, 0.6) is 5.88 Å². The molecule has 1 aromatic carbocycles. The molecule has 5 aliphatic heterocycles. The van der Waals surface area contributed by atoms with Gasteiger partial charge in [0, 0.05) is 99.2 Å². The average Bonchev–Trinajstić information content (AvgIpc) is 3.95. The molecule has 3 N–H and O–H groups in total. The molecule has 4 aromatic heterocycles. The van der Waals surface area contributed by atoms with E-state index in [2.05, 4.69) is 66.7 Å². The number of benzene rings is 1. The average molecular weight is 962 g/mol. The third-order valence-corrected chi connectivity index (χ3v) is 15.4. The van der Waals surface area contributed by atoms with E-state index < -0.39 is 35.8 Å². The number of aliphatic hydroxyl groups excluding tert-OH is 1. The summed E-state index contributed by atoms with van der Waals surface area (Å²) in [5, 5.41) is 17.0. The maximum Gasteiger partial charge on any atom is 0.276 e. The monoisotopic (exact) mass is 961 g/mol. The Balaban J connectivity index is 0.724. The number of piperidine rings is 2. The number of piperazine rings is 1. The number of nitrogens with one attached hydrogen (secondary N) is 2. The van der Waals surface area contributed by atoms with Crippen LogP contribution in [0.3, 0.4) is 0 Å². The fourth-order valence-electron chi connectivity index (χ4n) is 11.9. The second-order valence-electron chi connectivity index (χ2n) is 20.6. The van der Waals surface area contributed by atoms with Crippen molar-refractivity contribution >= 4 is 58.2 Å². The van der Waals surface area contributed by atoms with Crippen LogP contribution in [-0.4, -0.2) is 128 Å². The summed E-state index contributed by atoms with van der Waals surface area (Å²) >= 11 is 0. The first-order valence-corrected chi connectivity index (χ1v) is 24.7. The second kappa shape index (κ2) is 17.9. The van der Waals surface area contributed by atoms with Gasteiger partial charge in [-0.05, 0) is 111 Å². The highest BCUT2D eigenvalue weighted by Gasteiger charge is 2.45. The van der Waals surface area contributed by atoms with Crippen molar-refractivity contribution in [3.8, 4) is 17.0 Å². The number of rotatable bonds is 10. The van der Waals surface area contributed by atoms with Gasteiger partial charge in [-0.1, -0.05) is 13.8 Å². The molecule has 71 heavy (non-hydrogen) atoms. The van der Waals surface area contributed by atoms with E-state index in [1.807, 2.05) is 36.5 Å². The van der Waals surface area contributed by atoms with Crippen LogP contribution >= 0.6 is 0 Å². The van der Waals surface area contributed by atoms with Gasteiger partial charge in [-0.15, -0.1) is 0 Å². The fourth-order valence-corrected chi connectivity index (χ4v) is 11.9. The predicted octanol–water partition coefficient (Wildman–Crippen LogP) is 5.51. The largest absolute Gasteiger partial charge is 0.480 e. The molecule has 3 saturated heterocycles. The summed E-state index contributed by atoms with van der Waals surface area (Å²) in [5.74, 6) is -0.695. The van der Waals surface area contributed by atoms with Crippen molar-refractivity contribution in [2.24, 2.45) is 5.41 Å². The molecule has 18 heteroatoms. The number of aromatic nitrogens is 4. The first-order valence-electron chi connectivity index (χ1n) is 24.7. The topological polar surface area (TPSA) is 199 Å². The zero-order valence-corrected chi connectivity index (χ0v) is 40.8. The van der Waals surface area contributed by atoms with E-state index in [1.165, 1.54) is 11.3 Å². The highest BCUT2D eigenvalue weighted by Crippen LogP contribution is 2.42. The molecule has 1 aliphatic carbocycles. The molecule has 11 rings (SSSR count). The second-order valence-corrected chi connectivity index (χ2v) is 20.6. The van der Waals surface area contributed by atoms with E-state index in [0.717, 1.165) is 74.7 Å². The molecule has 5 amide bonds. The Bertz CT molecular complexity index is 3000. The normalized spacial score (nSPS) is 21.9. The summed E-state index contributed by atoms with van der Waals surface area (Å²) < 4.78 is 7.86. The molecular weight excluding hydrogens is 903 g/mol. The molecule has 0 radical (unpaired) electrons. The molecule has 0 bridgehead atoms. The van der Waals surface area contributed by atoms with Gasteiger partial charge in [0.2, 0.25) is 17.7 Å². The van der Waals surface area contributed by atoms with Crippen LogP contribution in [0.2, 0.25) is 0 Å². The third-order valence-electron chi connectivity index (χ3n) is 15.4. The maximum absolute atomic E-state index is 14.1. The summed E-state index contributed by atoms with van der Waals surface area (Å²) in [7, 11) is 1.57. The van der Waals surface area contributed by atoms with Gasteiger partial charge >= 0.3 is 0 Å². The van der Waals surface area contributed by atoms with Crippen molar-refractivity contribution in [2.45, 2.75) is 97.0 Å². The number of hydrogen-bond donors (Lipinski definition) is 3. The Kier molecular flexibility index (Phi) is 11.7. The zero-order valence-electron chi connectivity index (χ0n) is 40.8. The number of anilines is 5. The van der Waals surface area contributed by atoms with Gasteiger partial charge in [-0.3, -0.25) is 44.0 Å². The third kappa shape index (κ3) is 8.25. The van der Waals surface area contributed by atoms with Crippen LogP contribution < -0.4 is 30.1 Å². The van der Waals surface area contributed by atoms with Crippen molar-refractivity contribution in [1.29, 1.82) is 0 Å². The van der Waals surface area contributed by atoms with Crippen molar-refractivity contribution in [1.82, 2.24) is 34.6 Å². The standard InChI is InChI=1S/C53H59N11O7/c1-30-29-60(34-13-16-59(17-14-34)35-6-8-38-39(24-35)51(69)64(50(38)68)41-9-11-45(66)58-48(41)67)18-19-61(30)36-7-10-44(55-28-36)57-40-22-33(27-56-49(40)71-5)37-12-15-54-47(46(37)31(2)65)63-21-20-62-42(52(63)70)23-32-25-53(3,4)26-43(32)62/h6-8,10,12,15,22-24,27-28,30-31,34,41,65H,9,11,13-14,16-21,25-26,29H2,1-5H3,(H,55,57)(H,58,66,67)/t30-,31?,41-/m0/s1. The van der Waals surface area contributed by atoms with E-state index in [9.17, 15) is 29.1 Å². The molecule has 3 fully saturated rings. The van der Waals surface area contributed by atoms with E-state index in [-0.39, 0.29) is 35.8 Å².